The highest BCUT2D eigenvalue weighted by molar-refractivity contribution is 7.80. The summed E-state index contributed by atoms with van der Waals surface area (Å²) >= 11 is 5.37. The lowest BCUT2D eigenvalue weighted by molar-refractivity contribution is -0.0225. The highest BCUT2D eigenvalue weighted by Gasteiger charge is 2.24. The molecule has 4 nitrogen and oxygen atoms in total. The van der Waals surface area contributed by atoms with Crippen molar-refractivity contribution in [2.75, 3.05) is 33.4 Å². The molecule has 0 amide bonds. The van der Waals surface area contributed by atoms with Gasteiger partial charge < -0.3 is 19.7 Å². The maximum atomic E-state index is 5.56. The molecule has 16 heavy (non-hydrogen) atoms. The topological polar surface area (TPSA) is 33.7 Å². The van der Waals surface area contributed by atoms with Gasteiger partial charge in [-0.05, 0) is 32.5 Å². The minimum Gasteiger partial charge on any atom is -0.385 e. The standard InChI is InChI=1S/C11H22N2O2S/c1-9-8-15-10(2)7-13(9)11(16)12-5-4-6-14-3/h9-10H,4-8H2,1-3H3,(H,12,16). The summed E-state index contributed by atoms with van der Waals surface area (Å²) < 4.78 is 10.6. The molecule has 0 aromatic rings. The summed E-state index contributed by atoms with van der Waals surface area (Å²) in [6.45, 7) is 7.47. The zero-order valence-corrected chi connectivity index (χ0v) is 11.2. The number of thiocarbonyl (C=S) groups is 1. The van der Waals surface area contributed by atoms with Gasteiger partial charge in [-0.15, -0.1) is 0 Å². The number of morpholine rings is 1. The van der Waals surface area contributed by atoms with E-state index in [0.717, 1.165) is 37.8 Å². The Morgan fingerprint density at radius 3 is 3.00 bits per heavy atom. The van der Waals surface area contributed by atoms with E-state index in [1.54, 1.807) is 7.11 Å². The molecule has 0 bridgehead atoms. The lowest BCUT2D eigenvalue weighted by Gasteiger charge is -2.38. The normalized spacial score (nSPS) is 25.6. The first-order valence-corrected chi connectivity index (χ1v) is 6.21. The van der Waals surface area contributed by atoms with Gasteiger partial charge in [-0.25, -0.2) is 0 Å². The van der Waals surface area contributed by atoms with Gasteiger partial charge in [0.1, 0.15) is 0 Å². The fourth-order valence-electron chi connectivity index (χ4n) is 1.70. The number of ether oxygens (including phenoxy) is 2. The van der Waals surface area contributed by atoms with Crippen molar-refractivity contribution in [3.05, 3.63) is 0 Å². The van der Waals surface area contributed by atoms with Crippen molar-refractivity contribution in [3.8, 4) is 0 Å². The van der Waals surface area contributed by atoms with E-state index in [-0.39, 0.29) is 6.10 Å². The van der Waals surface area contributed by atoms with Crippen LogP contribution in [0, 0.1) is 0 Å². The van der Waals surface area contributed by atoms with E-state index in [1.807, 2.05) is 0 Å². The Morgan fingerprint density at radius 2 is 2.31 bits per heavy atom. The first-order valence-electron chi connectivity index (χ1n) is 5.80. The fourth-order valence-corrected chi connectivity index (χ4v) is 2.06. The van der Waals surface area contributed by atoms with Crippen molar-refractivity contribution in [1.82, 2.24) is 10.2 Å². The molecule has 0 aromatic carbocycles. The molecular formula is C11H22N2O2S. The Hall–Kier alpha value is -0.390. The van der Waals surface area contributed by atoms with E-state index in [2.05, 4.69) is 24.1 Å². The second-order valence-corrected chi connectivity index (χ2v) is 4.61. The molecule has 0 saturated carbocycles. The SMILES string of the molecule is COCCCNC(=S)N1CC(C)OCC1C. The van der Waals surface area contributed by atoms with Crippen LogP contribution in [0.4, 0.5) is 0 Å². The number of hydrogen-bond acceptors (Lipinski definition) is 3. The summed E-state index contributed by atoms with van der Waals surface area (Å²) in [5.74, 6) is 0. The third-order valence-corrected chi connectivity index (χ3v) is 3.05. The maximum Gasteiger partial charge on any atom is 0.169 e. The predicted octanol–water partition coefficient (Wildman–Crippen LogP) is 1.01. The van der Waals surface area contributed by atoms with Gasteiger partial charge in [0.15, 0.2) is 5.11 Å². The van der Waals surface area contributed by atoms with Crippen molar-refractivity contribution in [3.63, 3.8) is 0 Å². The molecule has 1 aliphatic rings. The van der Waals surface area contributed by atoms with Crippen LogP contribution in [0.1, 0.15) is 20.3 Å². The average molecular weight is 246 g/mol. The van der Waals surface area contributed by atoms with Gasteiger partial charge in [-0.2, -0.15) is 0 Å². The summed E-state index contributed by atoms with van der Waals surface area (Å²) in [4.78, 5) is 2.20. The zero-order valence-electron chi connectivity index (χ0n) is 10.4. The van der Waals surface area contributed by atoms with Crippen LogP contribution in [-0.2, 0) is 9.47 Å². The molecule has 94 valence electrons. The third kappa shape index (κ3) is 4.23. The summed E-state index contributed by atoms with van der Waals surface area (Å²) in [6.07, 6.45) is 1.24. The Balaban J connectivity index is 2.28. The van der Waals surface area contributed by atoms with E-state index in [1.165, 1.54) is 0 Å². The van der Waals surface area contributed by atoms with Crippen LogP contribution in [0.15, 0.2) is 0 Å². The quantitative estimate of drug-likeness (QED) is 0.591. The van der Waals surface area contributed by atoms with Gasteiger partial charge in [-0.1, -0.05) is 0 Å². The summed E-state index contributed by atoms with van der Waals surface area (Å²) in [7, 11) is 1.71. The van der Waals surface area contributed by atoms with Gasteiger partial charge in [-0.3, -0.25) is 0 Å². The molecule has 2 atom stereocenters. The van der Waals surface area contributed by atoms with E-state index in [9.17, 15) is 0 Å². The second-order valence-electron chi connectivity index (χ2n) is 4.22. The van der Waals surface area contributed by atoms with Crippen LogP contribution in [0.2, 0.25) is 0 Å². The molecule has 1 saturated heterocycles. The van der Waals surface area contributed by atoms with Crippen molar-refractivity contribution in [2.45, 2.75) is 32.4 Å². The van der Waals surface area contributed by atoms with Gasteiger partial charge in [0.25, 0.3) is 0 Å². The molecule has 0 radical (unpaired) electrons. The van der Waals surface area contributed by atoms with E-state index >= 15 is 0 Å². The Kier molecular flexibility index (Phi) is 6.01. The molecule has 0 aliphatic carbocycles. The van der Waals surface area contributed by atoms with Gasteiger partial charge in [0.2, 0.25) is 0 Å². The third-order valence-electron chi connectivity index (χ3n) is 2.67. The molecular weight excluding hydrogens is 224 g/mol. The Labute approximate surface area is 103 Å². The molecule has 0 spiro atoms. The predicted molar refractivity (Wildman–Crippen MR) is 68.7 cm³/mol. The maximum absolute atomic E-state index is 5.56. The molecule has 1 heterocycles. The van der Waals surface area contributed by atoms with Crippen molar-refractivity contribution in [2.24, 2.45) is 0 Å². The minimum atomic E-state index is 0.259. The average Bonchev–Trinajstić information content (AvgIpc) is 2.27. The lowest BCUT2D eigenvalue weighted by Crippen LogP contribution is -2.53. The van der Waals surface area contributed by atoms with Crippen molar-refractivity contribution >= 4 is 17.3 Å². The zero-order chi connectivity index (χ0) is 12.0. The number of nitrogens with zero attached hydrogens (tertiary/aromatic N) is 1. The highest BCUT2D eigenvalue weighted by atomic mass is 32.1. The van der Waals surface area contributed by atoms with Crippen LogP contribution in [-0.4, -0.2) is 55.6 Å². The largest absolute Gasteiger partial charge is 0.385 e. The first kappa shape index (κ1) is 13.7. The number of hydrogen-bond donors (Lipinski definition) is 1. The van der Waals surface area contributed by atoms with Crippen molar-refractivity contribution < 1.29 is 9.47 Å². The van der Waals surface area contributed by atoms with E-state index < -0.39 is 0 Å². The molecule has 1 rings (SSSR count). The molecule has 1 fully saturated rings. The summed E-state index contributed by atoms with van der Waals surface area (Å²) in [6, 6.07) is 0.360. The second kappa shape index (κ2) is 7.04. The van der Waals surface area contributed by atoms with Crippen LogP contribution < -0.4 is 5.32 Å². The van der Waals surface area contributed by atoms with Gasteiger partial charge in [0, 0.05) is 26.8 Å². The molecule has 1 N–H and O–H groups in total. The van der Waals surface area contributed by atoms with Crippen molar-refractivity contribution in [1.29, 1.82) is 0 Å². The first-order chi connectivity index (χ1) is 7.65. The smallest absolute Gasteiger partial charge is 0.169 e. The number of rotatable bonds is 4. The van der Waals surface area contributed by atoms with E-state index in [0.29, 0.717) is 6.04 Å². The van der Waals surface area contributed by atoms with Crippen LogP contribution >= 0.6 is 12.2 Å². The monoisotopic (exact) mass is 246 g/mol. The number of nitrogens with one attached hydrogen (secondary N) is 1. The van der Waals surface area contributed by atoms with Crippen LogP contribution in [0.5, 0.6) is 0 Å². The minimum absolute atomic E-state index is 0.259. The summed E-state index contributed by atoms with van der Waals surface area (Å²) in [5, 5.41) is 4.09. The van der Waals surface area contributed by atoms with Gasteiger partial charge in [0.05, 0.1) is 18.8 Å². The van der Waals surface area contributed by atoms with Crippen LogP contribution in [0.3, 0.4) is 0 Å². The fraction of sp³-hybridized carbons (Fsp3) is 0.909. The molecule has 0 aromatic heterocycles. The lowest BCUT2D eigenvalue weighted by atomic mass is 10.2. The number of methoxy groups -OCH3 is 1. The molecule has 1 aliphatic heterocycles. The van der Waals surface area contributed by atoms with Crippen LogP contribution in [0.25, 0.3) is 0 Å². The Morgan fingerprint density at radius 1 is 1.56 bits per heavy atom. The highest BCUT2D eigenvalue weighted by Crippen LogP contribution is 2.11. The molecule has 5 heteroatoms. The Bertz CT molecular complexity index is 226. The molecule has 2 unspecified atom stereocenters. The van der Waals surface area contributed by atoms with E-state index in [4.69, 9.17) is 21.7 Å². The summed E-state index contributed by atoms with van der Waals surface area (Å²) in [5.41, 5.74) is 0. The van der Waals surface area contributed by atoms with Gasteiger partial charge >= 0.3 is 0 Å².